The third-order valence-corrected chi connectivity index (χ3v) is 2.33. The molecule has 0 saturated heterocycles. The van der Waals surface area contributed by atoms with Crippen molar-refractivity contribution in [3.8, 4) is 0 Å². The highest BCUT2D eigenvalue weighted by atomic mass is 16.2. The zero-order valence-corrected chi connectivity index (χ0v) is 8.86. The second-order valence-electron chi connectivity index (χ2n) is 3.61. The van der Waals surface area contributed by atoms with Crippen LogP contribution in [0.25, 0.3) is 0 Å². The van der Waals surface area contributed by atoms with E-state index in [1.54, 1.807) is 37.3 Å². The predicted molar refractivity (Wildman–Crippen MR) is 60.8 cm³/mol. The van der Waals surface area contributed by atoms with Gasteiger partial charge < -0.3 is 5.32 Å². The first-order chi connectivity index (χ1) is 7.66. The lowest BCUT2D eigenvalue weighted by atomic mass is 10.1. The summed E-state index contributed by atoms with van der Waals surface area (Å²) in [6.45, 7) is 1.71. The summed E-state index contributed by atoms with van der Waals surface area (Å²) >= 11 is 0. The van der Waals surface area contributed by atoms with Crippen LogP contribution in [-0.4, -0.2) is 11.7 Å². The molecule has 1 aliphatic heterocycles. The molecule has 0 atom stereocenters. The zero-order valence-electron chi connectivity index (χ0n) is 8.86. The molecule has 1 aromatic carbocycles. The Hall–Kier alpha value is -2.16. The van der Waals surface area contributed by atoms with E-state index < -0.39 is 0 Å². The number of hydrogen-bond acceptors (Lipinski definition) is 2. The zero-order chi connectivity index (χ0) is 11.5. The molecule has 0 fully saturated rings. The van der Waals surface area contributed by atoms with Crippen molar-refractivity contribution >= 4 is 11.7 Å². The summed E-state index contributed by atoms with van der Waals surface area (Å²) in [5.74, 6) is -0.256. The van der Waals surface area contributed by atoms with Gasteiger partial charge in [-0.05, 0) is 13.0 Å². The van der Waals surface area contributed by atoms with E-state index in [0.717, 1.165) is 0 Å². The van der Waals surface area contributed by atoms with E-state index in [1.807, 2.05) is 6.07 Å². The third-order valence-electron chi connectivity index (χ3n) is 2.33. The smallest absolute Gasteiger partial charge is 0.251 e. The highest BCUT2D eigenvalue weighted by molar-refractivity contribution is 6.07. The van der Waals surface area contributed by atoms with E-state index in [1.165, 1.54) is 6.08 Å². The van der Waals surface area contributed by atoms with Gasteiger partial charge in [-0.15, -0.1) is 0 Å². The fourth-order valence-corrected chi connectivity index (χ4v) is 1.47. The third kappa shape index (κ3) is 2.08. The van der Waals surface area contributed by atoms with Crippen LogP contribution in [0.15, 0.2) is 53.8 Å². The van der Waals surface area contributed by atoms with Crippen LogP contribution >= 0.6 is 0 Å². The molecule has 0 aromatic heterocycles. The number of rotatable bonds is 2. The maximum absolute atomic E-state index is 11.8. The molecule has 0 radical (unpaired) electrons. The molecule has 1 aliphatic rings. The Balaban J connectivity index is 2.21. The van der Waals surface area contributed by atoms with E-state index >= 15 is 0 Å². The largest absolute Gasteiger partial charge is 0.322 e. The minimum atomic E-state index is -0.146. The second-order valence-corrected chi connectivity index (χ2v) is 3.61. The molecule has 80 valence electrons. The van der Waals surface area contributed by atoms with Crippen LogP contribution in [0.1, 0.15) is 17.3 Å². The summed E-state index contributed by atoms with van der Waals surface area (Å²) in [5.41, 5.74) is 1.78. The maximum atomic E-state index is 11.8. The van der Waals surface area contributed by atoms with Crippen molar-refractivity contribution in [2.24, 2.45) is 0 Å². The molecule has 0 spiro atoms. The first-order valence-corrected chi connectivity index (χ1v) is 4.97. The van der Waals surface area contributed by atoms with E-state index in [-0.39, 0.29) is 11.7 Å². The van der Waals surface area contributed by atoms with Gasteiger partial charge in [-0.2, -0.15) is 0 Å². The number of benzene rings is 1. The Morgan fingerprint density at radius 1 is 1.25 bits per heavy atom. The lowest BCUT2D eigenvalue weighted by Crippen LogP contribution is -2.16. The molecule has 0 saturated carbocycles. The van der Waals surface area contributed by atoms with Crippen molar-refractivity contribution in [3.05, 3.63) is 59.3 Å². The van der Waals surface area contributed by atoms with E-state index in [0.29, 0.717) is 16.8 Å². The van der Waals surface area contributed by atoms with Gasteiger partial charge in [-0.1, -0.05) is 30.3 Å². The minimum Gasteiger partial charge on any atom is -0.322 e. The van der Waals surface area contributed by atoms with Crippen LogP contribution in [0.4, 0.5) is 0 Å². The van der Waals surface area contributed by atoms with Gasteiger partial charge >= 0.3 is 0 Å². The van der Waals surface area contributed by atoms with Crippen LogP contribution in [0, 0.1) is 0 Å². The highest BCUT2D eigenvalue weighted by Crippen LogP contribution is 2.10. The second kappa shape index (κ2) is 4.14. The first kappa shape index (κ1) is 10.4. The molecular formula is C13H11NO2. The lowest BCUT2D eigenvalue weighted by molar-refractivity contribution is -0.116. The lowest BCUT2D eigenvalue weighted by Gasteiger charge is -1.97. The summed E-state index contributed by atoms with van der Waals surface area (Å²) in [6.07, 6.45) is 3.10. The summed E-state index contributed by atoms with van der Waals surface area (Å²) in [5, 5.41) is 2.61. The van der Waals surface area contributed by atoms with Crippen molar-refractivity contribution in [2.45, 2.75) is 6.92 Å². The van der Waals surface area contributed by atoms with Crippen molar-refractivity contribution in [1.29, 1.82) is 0 Å². The van der Waals surface area contributed by atoms with E-state index in [4.69, 9.17) is 0 Å². The summed E-state index contributed by atoms with van der Waals surface area (Å²) in [4.78, 5) is 22.9. The topological polar surface area (TPSA) is 46.2 Å². The van der Waals surface area contributed by atoms with E-state index in [2.05, 4.69) is 5.32 Å². The number of allylic oxidation sites excluding steroid dienone is 2. The quantitative estimate of drug-likeness (QED) is 0.601. The standard InChI is InChI=1S/C13H11NO2/c1-9-7-11(14-13(9)16)8-12(15)10-5-3-2-4-6-10/h2-8H,1H3,(H,14,16)/b11-8+. The molecule has 1 heterocycles. The first-order valence-electron chi connectivity index (χ1n) is 4.97. The highest BCUT2D eigenvalue weighted by Gasteiger charge is 2.14. The Kier molecular flexibility index (Phi) is 2.68. The molecule has 0 bridgehead atoms. The van der Waals surface area contributed by atoms with Gasteiger partial charge in [-0.25, -0.2) is 0 Å². The number of carbonyl (C=O) groups is 2. The van der Waals surface area contributed by atoms with Crippen LogP contribution in [0.2, 0.25) is 0 Å². The van der Waals surface area contributed by atoms with Gasteiger partial charge in [0.25, 0.3) is 5.91 Å². The molecule has 2 rings (SSSR count). The monoisotopic (exact) mass is 213 g/mol. The van der Waals surface area contributed by atoms with Gasteiger partial charge in [0.2, 0.25) is 0 Å². The van der Waals surface area contributed by atoms with Crippen molar-refractivity contribution in [2.75, 3.05) is 0 Å². The number of hydrogen-bond donors (Lipinski definition) is 1. The van der Waals surface area contributed by atoms with Gasteiger partial charge in [0.1, 0.15) is 0 Å². The Morgan fingerprint density at radius 2 is 1.94 bits per heavy atom. The Labute approximate surface area is 93.5 Å². The molecule has 3 nitrogen and oxygen atoms in total. The summed E-state index contributed by atoms with van der Waals surface area (Å²) < 4.78 is 0. The van der Waals surface area contributed by atoms with Gasteiger partial charge in [-0.3, -0.25) is 9.59 Å². The molecule has 1 amide bonds. The fourth-order valence-electron chi connectivity index (χ4n) is 1.47. The average Bonchev–Trinajstić information content (AvgIpc) is 2.59. The van der Waals surface area contributed by atoms with Crippen molar-refractivity contribution < 1.29 is 9.59 Å². The van der Waals surface area contributed by atoms with Crippen LogP contribution in [0.5, 0.6) is 0 Å². The fraction of sp³-hybridized carbons (Fsp3) is 0.0769. The predicted octanol–water partition coefficient (Wildman–Crippen LogP) is 1.83. The number of amides is 1. The molecule has 1 N–H and O–H groups in total. The number of nitrogens with one attached hydrogen (secondary N) is 1. The van der Waals surface area contributed by atoms with E-state index in [9.17, 15) is 9.59 Å². The molecule has 0 unspecified atom stereocenters. The summed E-state index contributed by atoms with van der Waals surface area (Å²) in [7, 11) is 0. The Morgan fingerprint density at radius 3 is 2.50 bits per heavy atom. The molecule has 1 aromatic rings. The van der Waals surface area contributed by atoms with Crippen LogP contribution < -0.4 is 5.32 Å². The van der Waals surface area contributed by atoms with Crippen molar-refractivity contribution in [3.63, 3.8) is 0 Å². The van der Waals surface area contributed by atoms with Crippen LogP contribution in [0.3, 0.4) is 0 Å². The number of ketones is 1. The summed E-state index contributed by atoms with van der Waals surface area (Å²) in [6, 6.07) is 8.95. The van der Waals surface area contributed by atoms with Gasteiger partial charge in [0, 0.05) is 22.9 Å². The molecular weight excluding hydrogens is 202 g/mol. The molecule has 0 aliphatic carbocycles. The van der Waals surface area contributed by atoms with Gasteiger partial charge in [0.15, 0.2) is 5.78 Å². The SMILES string of the molecule is CC1=C/C(=C\C(=O)c2ccccc2)NC1=O. The maximum Gasteiger partial charge on any atom is 0.251 e. The Bertz CT molecular complexity index is 498. The number of carbonyl (C=O) groups excluding carboxylic acids is 2. The normalized spacial score (nSPS) is 17.2. The van der Waals surface area contributed by atoms with Crippen LogP contribution in [-0.2, 0) is 4.79 Å². The van der Waals surface area contributed by atoms with Gasteiger partial charge in [0.05, 0.1) is 0 Å². The molecule has 16 heavy (non-hydrogen) atoms. The molecule has 3 heteroatoms. The average molecular weight is 213 g/mol. The minimum absolute atomic E-state index is 0.109. The van der Waals surface area contributed by atoms with Crippen molar-refractivity contribution in [1.82, 2.24) is 5.32 Å².